The van der Waals surface area contributed by atoms with Crippen LogP contribution in [0, 0.1) is 0 Å². The van der Waals surface area contributed by atoms with Crippen LogP contribution in [0.3, 0.4) is 0 Å². The third-order valence-electron chi connectivity index (χ3n) is 3.37. The van der Waals surface area contributed by atoms with Gasteiger partial charge in [-0.2, -0.15) is 13.2 Å². The number of thiazole rings is 1. The molecule has 3 rings (SSSR count). The minimum Gasteiger partial charge on any atom is -0.484 e. The number of nitrogens with zero attached hydrogens (tertiary/aromatic N) is 2. The van der Waals surface area contributed by atoms with Gasteiger partial charge in [-0.1, -0.05) is 12.1 Å². The number of hydrogen-bond donors (Lipinski definition) is 1. The second-order valence-electron chi connectivity index (χ2n) is 5.26. The van der Waals surface area contributed by atoms with Gasteiger partial charge in [0.25, 0.3) is 11.5 Å². The highest BCUT2D eigenvalue weighted by molar-refractivity contribution is 7.15. The maximum atomic E-state index is 12.2. The van der Waals surface area contributed by atoms with Crippen molar-refractivity contribution in [1.82, 2.24) is 14.7 Å². The first-order valence-corrected chi connectivity index (χ1v) is 8.23. The average Bonchev–Trinajstić information content (AvgIpc) is 3.08. The van der Waals surface area contributed by atoms with Crippen LogP contribution in [-0.2, 0) is 6.54 Å². The zero-order valence-corrected chi connectivity index (χ0v) is 13.9. The van der Waals surface area contributed by atoms with Crippen LogP contribution < -0.4 is 15.6 Å². The normalized spacial score (nSPS) is 11.5. The van der Waals surface area contributed by atoms with Crippen LogP contribution in [-0.4, -0.2) is 28.1 Å². The van der Waals surface area contributed by atoms with E-state index in [1.807, 2.05) is 0 Å². The Balaban J connectivity index is 1.62. The zero-order chi connectivity index (χ0) is 18.7. The van der Waals surface area contributed by atoms with Crippen LogP contribution in [0.1, 0.15) is 15.9 Å². The summed E-state index contributed by atoms with van der Waals surface area (Å²) in [6, 6.07) is 5.81. The van der Waals surface area contributed by atoms with Crippen molar-refractivity contribution in [3.8, 4) is 5.75 Å². The second-order valence-corrected chi connectivity index (χ2v) is 6.14. The largest absolute Gasteiger partial charge is 0.484 e. The number of rotatable bonds is 5. The van der Waals surface area contributed by atoms with Gasteiger partial charge in [0.05, 0.1) is 0 Å². The number of hydrogen-bond acceptors (Lipinski definition) is 5. The third-order valence-corrected chi connectivity index (χ3v) is 4.14. The molecular weight excluding hydrogens is 371 g/mol. The van der Waals surface area contributed by atoms with Crippen molar-refractivity contribution >= 4 is 22.2 Å². The van der Waals surface area contributed by atoms with Crippen molar-refractivity contribution < 1.29 is 22.7 Å². The van der Waals surface area contributed by atoms with Gasteiger partial charge in [-0.3, -0.25) is 14.0 Å². The van der Waals surface area contributed by atoms with Gasteiger partial charge in [0.2, 0.25) is 0 Å². The van der Waals surface area contributed by atoms with Gasteiger partial charge >= 0.3 is 6.18 Å². The molecule has 0 aliphatic heterocycles. The fraction of sp³-hybridized carbons (Fsp3) is 0.188. The van der Waals surface area contributed by atoms with E-state index in [-0.39, 0.29) is 17.9 Å². The Morgan fingerprint density at radius 3 is 2.69 bits per heavy atom. The molecule has 0 fully saturated rings. The molecule has 0 unspecified atom stereocenters. The molecule has 2 aromatic heterocycles. The Bertz CT molecular complexity index is 980. The van der Waals surface area contributed by atoms with Gasteiger partial charge in [0, 0.05) is 24.3 Å². The lowest BCUT2D eigenvalue weighted by Gasteiger charge is -2.10. The van der Waals surface area contributed by atoms with Crippen LogP contribution in [0.5, 0.6) is 5.75 Å². The monoisotopic (exact) mass is 383 g/mol. The lowest BCUT2D eigenvalue weighted by atomic mass is 10.2. The van der Waals surface area contributed by atoms with Crippen LogP contribution in [0.4, 0.5) is 13.2 Å². The maximum Gasteiger partial charge on any atom is 0.422 e. The van der Waals surface area contributed by atoms with Gasteiger partial charge < -0.3 is 10.1 Å². The Hall–Kier alpha value is -2.88. The van der Waals surface area contributed by atoms with Crippen molar-refractivity contribution in [2.45, 2.75) is 12.7 Å². The van der Waals surface area contributed by atoms with Crippen molar-refractivity contribution in [3.05, 3.63) is 63.5 Å². The topological polar surface area (TPSA) is 72.7 Å². The molecule has 0 spiro atoms. The van der Waals surface area contributed by atoms with E-state index in [0.29, 0.717) is 10.5 Å². The first-order valence-electron chi connectivity index (χ1n) is 7.35. The van der Waals surface area contributed by atoms with E-state index in [1.54, 1.807) is 5.38 Å². The zero-order valence-electron chi connectivity index (χ0n) is 13.1. The Labute approximate surface area is 148 Å². The number of carbonyl (C=O) groups is 1. The number of amides is 1. The van der Waals surface area contributed by atoms with Gasteiger partial charge in [-0.25, -0.2) is 4.98 Å². The highest BCUT2D eigenvalue weighted by Gasteiger charge is 2.28. The molecular formula is C16H12F3N3O3S. The van der Waals surface area contributed by atoms with Crippen LogP contribution >= 0.6 is 11.3 Å². The average molecular weight is 383 g/mol. The molecule has 0 saturated heterocycles. The molecule has 0 radical (unpaired) electrons. The molecule has 3 aromatic rings. The highest BCUT2D eigenvalue weighted by Crippen LogP contribution is 2.18. The van der Waals surface area contributed by atoms with E-state index in [0.717, 1.165) is 0 Å². The lowest BCUT2D eigenvalue weighted by Crippen LogP contribution is -2.30. The SMILES string of the molecule is O=C(NCc1ccc(OCC(F)(F)F)cc1)c1cnc2sccn2c1=O. The summed E-state index contributed by atoms with van der Waals surface area (Å²) < 4.78 is 42.2. The molecule has 0 aliphatic rings. The molecule has 2 heterocycles. The number of ether oxygens (including phenoxy) is 1. The summed E-state index contributed by atoms with van der Waals surface area (Å²) in [4.78, 5) is 28.9. The van der Waals surface area contributed by atoms with Crippen molar-refractivity contribution in [3.63, 3.8) is 0 Å². The van der Waals surface area contributed by atoms with E-state index in [2.05, 4.69) is 15.0 Å². The van der Waals surface area contributed by atoms with Crippen molar-refractivity contribution in [1.29, 1.82) is 0 Å². The molecule has 6 nitrogen and oxygen atoms in total. The number of aromatic nitrogens is 2. The van der Waals surface area contributed by atoms with E-state index >= 15 is 0 Å². The summed E-state index contributed by atoms with van der Waals surface area (Å²) in [5, 5.41) is 4.27. The predicted octanol–water partition coefficient (Wildman–Crippen LogP) is 2.63. The molecule has 0 aliphatic carbocycles. The summed E-state index contributed by atoms with van der Waals surface area (Å²) in [6.07, 6.45) is -1.65. The maximum absolute atomic E-state index is 12.2. The van der Waals surface area contributed by atoms with Gasteiger partial charge in [-0.05, 0) is 17.7 Å². The summed E-state index contributed by atoms with van der Waals surface area (Å²) in [7, 11) is 0. The molecule has 10 heteroatoms. The van der Waals surface area contributed by atoms with E-state index in [1.165, 1.54) is 52.4 Å². The molecule has 136 valence electrons. The fourth-order valence-electron chi connectivity index (χ4n) is 2.13. The van der Waals surface area contributed by atoms with Gasteiger partial charge in [0.15, 0.2) is 11.6 Å². The molecule has 1 aromatic carbocycles. The van der Waals surface area contributed by atoms with Crippen LogP contribution in [0.15, 0.2) is 46.8 Å². The number of alkyl halides is 3. The molecule has 0 saturated carbocycles. The van der Waals surface area contributed by atoms with E-state index in [4.69, 9.17) is 0 Å². The summed E-state index contributed by atoms with van der Waals surface area (Å²) in [5.41, 5.74) is 0.0815. The molecule has 0 bridgehead atoms. The lowest BCUT2D eigenvalue weighted by molar-refractivity contribution is -0.153. The number of fused-ring (bicyclic) bond motifs is 1. The summed E-state index contributed by atoms with van der Waals surface area (Å²) in [5.74, 6) is -0.511. The molecule has 1 N–H and O–H groups in total. The number of carbonyl (C=O) groups excluding carboxylic acids is 1. The van der Waals surface area contributed by atoms with E-state index in [9.17, 15) is 22.8 Å². The van der Waals surface area contributed by atoms with Crippen molar-refractivity contribution in [2.24, 2.45) is 0 Å². The highest BCUT2D eigenvalue weighted by atomic mass is 32.1. The van der Waals surface area contributed by atoms with Crippen LogP contribution in [0.2, 0.25) is 0 Å². The van der Waals surface area contributed by atoms with Crippen molar-refractivity contribution in [2.75, 3.05) is 6.61 Å². The number of nitrogens with one attached hydrogen (secondary N) is 1. The fourth-order valence-corrected chi connectivity index (χ4v) is 2.80. The Morgan fingerprint density at radius 1 is 1.27 bits per heavy atom. The minimum atomic E-state index is -4.40. The molecule has 26 heavy (non-hydrogen) atoms. The second kappa shape index (κ2) is 7.16. The first-order chi connectivity index (χ1) is 12.3. The Kier molecular flexibility index (Phi) is 4.94. The summed E-state index contributed by atoms with van der Waals surface area (Å²) in [6.45, 7) is -1.27. The molecule has 0 atom stereocenters. The van der Waals surface area contributed by atoms with E-state index < -0.39 is 24.2 Å². The van der Waals surface area contributed by atoms with Crippen LogP contribution in [0.25, 0.3) is 4.96 Å². The standard InChI is InChI=1S/C16H12F3N3O3S/c17-16(18,19)9-25-11-3-1-10(2-4-11)7-20-13(23)12-8-21-15-22(14(12)24)5-6-26-15/h1-6,8H,7,9H2,(H,20,23). The minimum absolute atomic E-state index is 0.0720. The number of benzene rings is 1. The number of halogens is 3. The first kappa shape index (κ1) is 17.9. The quantitative estimate of drug-likeness (QED) is 0.735. The smallest absolute Gasteiger partial charge is 0.422 e. The Morgan fingerprint density at radius 2 is 2.00 bits per heavy atom. The third kappa shape index (κ3) is 4.20. The van der Waals surface area contributed by atoms with Gasteiger partial charge in [0.1, 0.15) is 11.3 Å². The predicted molar refractivity (Wildman–Crippen MR) is 88.5 cm³/mol. The summed E-state index contributed by atoms with van der Waals surface area (Å²) >= 11 is 1.28. The van der Waals surface area contributed by atoms with Gasteiger partial charge in [-0.15, -0.1) is 11.3 Å². The molecule has 1 amide bonds.